The molecule has 0 spiro atoms. The molecule has 10 nitrogen and oxygen atoms in total. The molecule has 0 radical (unpaired) electrons. The normalized spacial score (nSPS) is 17.3. The predicted octanol–water partition coefficient (Wildman–Crippen LogP) is 3.13. The molecule has 40 heavy (non-hydrogen) atoms. The van der Waals surface area contributed by atoms with Gasteiger partial charge in [0.1, 0.15) is 6.54 Å². The lowest BCUT2D eigenvalue weighted by molar-refractivity contribution is -0.136. The van der Waals surface area contributed by atoms with Gasteiger partial charge in [0.25, 0.3) is 11.1 Å². The van der Waals surface area contributed by atoms with Gasteiger partial charge in [-0.05, 0) is 79.7 Å². The second-order valence-electron chi connectivity index (χ2n) is 9.67. The Labute approximate surface area is 237 Å². The Morgan fingerprint density at radius 3 is 2.23 bits per heavy atom. The number of piperazine rings is 1. The Balaban J connectivity index is 1.27. The molecule has 12 heteroatoms. The Hall–Kier alpha value is -3.87. The SMILES string of the molecule is Cc1cc(/C=C2\SC(=O)N(CC(=O)N3CCN(c4ccccc4)CC3)C2=O)c(C)n1-c1ccc(S(N)(=O)=O)cc1. The number of amides is 3. The van der Waals surface area contributed by atoms with E-state index in [2.05, 4.69) is 4.90 Å². The quantitative estimate of drug-likeness (QED) is 0.445. The van der Waals surface area contributed by atoms with Crippen molar-refractivity contribution in [2.45, 2.75) is 18.7 Å². The summed E-state index contributed by atoms with van der Waals surface area (Å²) >= 11 is 0.817. The highest BCUT2D eigenvalue weighted by molar-refractivity contribution is 8.18. The third kappa shape index (κ3) is 5.55. The van der Waals surface area contributed by atoms with Gasteiger partial charge >= 0.3 is 0 Å². The van der Waals surface area contributed by atoms with Crippen molar-refractivity contribution in [3.63, 3.8) is 0 Å². The molecule has 5 rings (SSSR count). The Kier molecular flexibility index (Phi) is 7.58. The van der Waals surface area contributed by atoms with E-state index in [0.29, 0.717) is 26.2 Å². The van der Waals surface area contributed by atoms with E-state index in [1.807, 2.05) is 54.8 Å². The van der Waals surface area contributed by atoms with E-state index >= 15 is 0 Å². The van der Waals surface area contributed by atoms with Crippen LogP contribution in [0.25, 0.3) is 11.8 Å². The van der Waals surface area contributed by atoms with E-state index in [0.717, 1.165) is 45.0 Å². The number of hydrogen-bond acceptors (Lipinski definition) is 7. The molecule has 208 valence electrons. The number of carbonyl (C=O) groups excluding carboxylic acids is 3. The van der Waals surface area contributed by atoms with Crippen LogP contribution >= 0.6 is 11.8 Å². The first-order valence-electron chi connectivity index (χ1n) is 12.7. The molecule has 2 fully saturated rings. The maximum Gasteiger partial charge on any atom is 0.294 e. The molecule has 3 aromatic rings. The molecule has 0 aliphatic carbocycles. The molecule has 2 aromatic carbocycles. The molecule has 2 saturated heterocycles. The highest BCUT2D eigenvalue weighted by Crippen LogP contribution is 2.34. The Morgan fingerprint density at radius 1 is 0.950 bits per heavy atom. The van der Waals surface area contributed by atoms with Crippen LogP contribution in [-0.2, 0) is 19.6 Å². The summed E-state index contributed by atoms with van der Waals surface area (Å²) in [6, 6.07) is 18.1. The molecule has 0 atom stereocenters. The van der Waals surface area contributed by atoms with Gasteiger partial charge in [-0.25, -0.2) is 13.6 Å². The van der Waals surface area contributed by atoms with Crippen LogP contribution in [0.5, 0.6) is 0 Å². The highest BCUT2D eigenvalue weighted by atomic mass is 32.2. The minimum atomic E-state index is -3.80. The van der Waals surface area contributed by atoms with Crippen LogP contribution in [0.4, 0.5) is 10.5 Å². The number of carbonyl (C=O) groups is 3. The predicted molar refractivity (Wildman–Crippen MR) is 155 cm³/mol. The van der Waals surface area contributed by atoms with Gasteiger partial charge in [-0.15, -0.1) is 0 Å². The number of sulfonamides is 1. The van der Waals surface area contributed by atoms with Crippen molar-refractivity contribution in [1.82, 2.24) is 14.4 Å². The van der Waals surface area contributed by atoms with Crippen LogP contribution in [-0.4, -0.2) is 72.6 Å². The number of hydrogen-bond donors (Lipinski definition) is 1. The molecular weight excluding hydrogens is 550 g/mol. The summed E-state index contributed by atoms with van der Waals surface area (Å²) < 4.78 is 25.1. The first kappa shape index (κ1) is 27.7. The molecule has 0 bridgehead atoms. The standard InChI is InChI=1S/C28H29N5O5S2/c1-19-16-21(20(2)33(19)23-8-10-24(11-9-23)40(29,37)38)17-25-27(35)32(28(36)39-25)18-26(34)31-14-12-30(13-15-31)22-6-4-3-5-7-22/h3-11,16-17H,12-15,18H2,1-2H3,(H2,29,37,38)/b25-17-. The van der Waals surface area contributed by atoms with Crippen molar-refractivity contribution >= 4 is 50.6 Å². The second kappa shape index (κ2) is 11.0. The topological polar surface area (TPSA) is 126 Å². The molecular formula is C28H29N5O5S2. The summed E-state index contributed by atoms with van der Waals surface area (Å²) in [5, 5.41) is 4.73. The van der Waals surface area contributed by atoms with E-state index in [4.69, 9.17) is 5.14 Å². The third-order valence-corrected chi connectivity index (χ3v) is 8.94. The smallest absolute Gasteiger partial charge is 0.294 e. The number of anilines is 1. The van der Waals surface area contributed by atoms with Crippen molar-refractivity contribution < 1.29 is 22.8 Å². The molecule has 3 heterocycles. The van der Waals surface area contributed by atoms with Gasteiger partial charge in [-0.2, -0.15) is 0 Å². The van der Waals surface area contributed by atoms with Crippen molar-refractivity contribution in [3.05, 3.63) is 82.5 Å². The van der Waals surface area contributed by atoms with Crippen LogP contribution in [0.3, 0.4) is 0 Å². The van der Waals surface area contributed by atoms with Crippen LogP contribution < -0.4 is 10.0 Å². The summed E-state index contributed by atoms with van der Waals surface area (Å²) in [6.07, 6.45) is 1.66. The fourth-order valence-corrected chi connectivity index (χ4v) is 6.33. The van der Waals surface area contributed by atoms with E-state index in [1.165, 1.54) is 12.1 Å². The molecule has 2 aliphatic heterocycles. The monoisotopic (exact) mass is 579 g/mol. The minimum Gasteiger partial charge on any atom is -0.368 e. The van der Waals surface area contributed by atoms with E-state index in [-0.39, 0.29) is 22.3 Å². The Bertz CT molecular complexity index is 1610. The molecule has 0 unspecified atom stereocenters. The zero-order valence-electron chi connectivity index (χ0n) is 22.1. The summed E-state index contributed by atoms with van der Waals surface area (Å²) in [6.45, 7) is 5.86. The summed E-state index contributed by atoms with van der Waals surface area (Å²) in [4.78, 5) is 44.0. The van der Waals surface area contributed by atoms with Gasteiger partial charge in [0.05, 0.1) is 9.80 Å². The third-order valence-electron chi connectivity index (χ3n) is 7.10. The second-order valence-corrected chi connectivity index (χ2v) is 12.2. The van der Waals surface area contributed by atoms with Crippen molar-refractivity contribution in [2.24, 2.45) is 5.14 Å². The number of aromatic nitrogens is 1. The highest BCUT2D eigenvalue weighted by Gasteiger charge is 2.37. The number of nitrogens with zero attached hydrogens (tertiary/aromatic N) is 4. The maximum atomic E-state index is 13.1. The summed E-state index contributed by atoms with van der Waals surface area (Å²) in [5.74, 6) is -0.744. The van der Waals surface area contributed by atoms with E-state index in [1.54, 1.807) is 23.1 Å². The number of para-hydroxylation sites is 1. The first-order chi connectivity index (χ1) is 19.0. The lowest BCUT2D eigenvalue weighted by Gasteiger charge is -2.36. The van der Waals surface area contributed by atoms with Crippen LogP contribution in [0.2, 0.25) is 0 Å². The van der Waals surface area contributed by atoms with Crippen LogP contribution in [0.15, 0.2) is 70.5 Å². The zero-order valence-corrected chi connectivity index (χ0v) is 23.7. The molecule has 2 N–H and O–H groups in total. The van der Waals surface area contributed by atoms with Crippen molar-refractivity contribution in [1.29, 1.82) is 0 Å². The largest absolute Gasteiger partial charge is 0.368 e. The lowest BCUT2D eigenvalue weighted by Crippen LogP contribution is -2.51. The fourth-order valence-electron chi connectivity index (χ4n) is 4.98. The van der Waals surface area contributed by atoms with Gasteiger partial charge in [0, 0.05) is 48.9 Å². The van der Waals surface area contributed by atoms with E-state index in [9.17, 15) is 22.8 Å². The molecule has 0 saturated carbocycles. The summed E-state index contributed by atoms with van der Waals surface area (Å²) in [5.41, 5.74) is 4.23. The van der Waals surface area contributed by atoms with Gasteiger partial charge in [-0.3, -0.25) is 19.3 Å². The number of aryl methyl sites for hydroxylation is 1. The molecule has 3 amide bonds. The average molecular weight is 580 g/mol. The first-order valence-corrected chi connectivity index (χ1v) is 15.0. The zero-order chi connectivity index (χ0) is 28.6. The van der Waals surface area contributed by atoms with Crippen LogP contribution in [0.1, 0.15) is 17.0 Å². The summed E-state index contributed by atoms with van der Waals surface area (Å²) in [7, 11) is -3.80. The number of rotatable bonds is 6. The number of nitrogens with two attached hydrogens (primary N) is 1. The number of thioether (sulfide) groups is 1. The lowest BCUT2D eigenvalue weighted by atomic mass is 10.2. The van der Waals surface area contributed by atoms with Gasteiger partial charge in [0.2, 0.25) is 15.9 Å². The van der Waals surface area contributed by atoms with Crippen molar-refractivity contribution in [2.75, 3.05) is 37.6 Å². The van der Waals surface area contributed by atoms with Gasteiger partial charge in [-0.1, -0.05) is 18.2 Å². The van der Waals surface area contributed by atoms with Crippen LogP contribution in [0, 0.1) is 13.8 Å². The maximum absolute atomic E-state index is 13.1. The fraction of sp³-hybridized carbons (Fsp3) is 0.250. The number of primary sulfonamides is 1. The number of benzene rings is 2. The average Bonchev–Trinajstić information content (AvgIpc) is 3.37. The minimum absolute atomic E-state index is 0.0141. The number of imide groups is 1. The molecule has 1 aromatic heterocycles. The van der Waals surface area contributed by atoms with E-state index < -0.39 is 21.2 Å². The van der Waals surface area contributed by atoms with Gasteiger partial charge < -0.3 is 14.4 Å². The molecule has 2 aliphatic rings. The van der Waals surface area contributed by atoms with Gasteiger partial charge in [0.15, 0.2) is 0 Å². The van der Waals surface area contributed by atoms with Crippen molar-refractivity contribution in [3.8, 4) is 5.69 Å². The Morgan fingerprint density at radius 2 is 1.60 bits per heavy atom.